The number of aromatic nitrogens is 1. The summed E-state index contributed by atoms with van der Waals surface area (Å²) in [5.74, 6) is -0.353. The zero-order valence-electron chi connectivity index (χ0n) is 13.6. The standard InChI is InChI=1S/C19H18N2O3/c1-11-9-21(11)14-8-15(23)18-16(19(14)24)13(10-22)17(20(18)2)12-6-4-3-5-7-12/h3-8,11,22H,9-10H2,1-2H3/t11-,21?/m1/s1. The Kier molecular flexibility index (Phi) is 3.21. The molecule has 1 atom stereocenters. The molecule has 0 unspecified atom stereocenters. The number of rotatable bonds is 3. The Morgan fingerprint density at radius 3 is 2.42 bits per heavy atom. The van der Waals surface area contributed by atoms with Gasteiger partial charge in [-0.15, -0.1) is 0 Å². The smallest absolute Gasteiger partial charge is 0.211 e. The van der Waals surface area contributed by atoms with E-state index >= 15 is 0 Å². The first-order valence-electron chi connectivity index (χ1n) is 7.99. The quantitative estimate of drug-likeness (QED) is 0.880. The maximum Gasteiger partial charge on any atom is 0.211 e. The minimum Gasteiger partial charge on any atom is -0.392 e. The number of fused-ring (bicyclic) bond motifs is 1. The van der Waals surface area contributed by atoms with E-state index in [0.717, 1.165) is 17.8 Å². The van der Waals surface area contributed by atoms with Gasteiger partial charge in [-0.3, -0.25) is 9.59 Å². The molecular formula is C19H18N2O3. The highest BCUT2D eigenvalue weighted by Gasteiger charge is 2.41. The molecular weight excluding hydrogens is 304 g/mol. The van der Waals surface area contributed by atoms with Crippen LogP contribution < -0.4 is 0 Å². The summed E-state index contributed by atoms with van der Waals surface area (Å²) in [5, 5.41) is 9.94. The van der Waals surface area contributed by atoms with Crippen LogP contribution in [-0.4, -0.2) is 38.7 Å². The predicted molar refractivity (Wildman–Crippen MR) is 89.7 cm³/mol. The van der Waals surface area contributed by atoms with Gasteiger partial charge in [-0.2, -0.15) is 0 Å². The van der Waals surface area contributed by atoms with Crippen LogP contribution >= 0.6 is 0 Å². The van der Waals surface area contributed by atoms with Gasteiger partial charge in [-0.25, -0.2) is 0 Å². The molecule has 1 aliphatic carbocycles. The average molecular weight is 322 g/mol. The van der Waals surface area contributed by atoms with E-state index in [2.05, 4.69) is 0 Å². The van der Waals surface area contributed by atoms with Gasteiger partial charge in [0.15, 0.2) is 0 Å². The minimum absolute atomic E-state index is 0.171. The van der Waals surface area contributed by atoms with Gasteiger partial charge in [0, 0.05) is 31.3 Å². The summed E-state index contributed by atoms with van der Waals surface area (Å²) in [6.07, 6.45) is 1.43. The van der Waals surface area contributed by atoms with Crippen LogP contribution in [0, 0.1) is 0 Å². The molecule has 0 spiro atoms. The molecule has 122 valence electrons. The van der Waals surface area contributed by atoms with Crippen LogP contribution in [0.1, 0.15) is 33.3 Å². The van der Waals surface area contributed by atoms with E-state index in [1.165, 1.54) is 6.08 Å². The molecule has 4 rings (SSSR count). The van der Waals surface area contributed by atoms with Gasteiger partial charge in [-0.1, -0.05) is 30.3 Å². The molecule has 2 aromatic rings. The summed E-state index contributed by atoms with van der Waals surface area (Å²) < 4.78 is 1.73. The molecule has 1 N–H and O–H groups in total. The van der Waals surface area contributed by atoms with Crippen molar-refractivity contribution in [1.82, 2.24) is 9.47 Å². The van der Waals surface area contributed by atoms with E-state index in [9.17, 15) is 14.7 Å². The van der Waals surface area contributed by atoms with Gasteiger partial charge >= 0.3 is 0 Å². The van der Waals surface area contributed by atoms with Crippen molar-refractivity contribution in [3.63, 3.8) is 0 Å². The number of nitrogens with zero attached hydrogens (tertiary/aromatic N) is 2. The van der Waals surface area contributed by atoms with Gasteiger partial charge in [0.05, 0.1) is 23.6 Å². The van der Waals surface area contributed by atoms with E-state index in [1.54, 1.807) is 11.6 Å². The van der Waals surface area contributed by atoms with Crippen molar-refractivity contribution in [1.29, 1.82) is 0 Å². The van der Waals surface area contributed by atoms with E-state index in [1.807, 2.05) is 42.2 Å². The molecule has 2 aliphatic rings. The molecule has 0 saturated carbocycles. The average Bonchev–Trinajstić information content (AvgIpc) is 3.22. The molecule has 1 fully saturated rings. The van der Waals surface area contributed by atoms with Crippen LogP contribution in [0.4, 0.5) is 0 Å². The third-order valence-corrected chi connectivity index (χ3v) is 4.83. The summed E-state index contributed by atoms with van der Waals surface area (Å²) in [6.45, 7) is 2.52. The van der Waals surface area contributed by atoms with Gasteiger partial charge in [0.1, 0.15) is 5.69 Å². The SMILES string of the molecule is C[C@@H]1CN1C1=CC(=O)c2c(c(CO)c(-c3ccccc3)n2C)C1=O. The Bertz CT molecular complexity index is 893. The molecule has 1 saturated heterocycles. The second-order valence-electron chi connectivity index (χ2n) is 6.36. The number of hydrogen-bond donors (Lipinski definition) is 1. The fourth-order valence-corrected chi connectivity index (χ4v) is 3.57. The van der Waals surface area contributed by atoms with E-state index in [-0.39, 0.29) is 24.2 Å². The van der Waals surface area contributed by atoms with Gasteiger partial charge in [0.25, 0.3) is 0 Å². The number of ketones is 2. The van der Waals surface area contributed by atoms with Gasteiger partial charge in [-0.05, 0) is 12.5 Å². The molecule has 1 aliphatic heterocycles. The summed E-state index contributed by atoms with van der Waals surface area (Å²) >= 11 is 0. The molecule has 5 heteroatoms. The Morgan fingerprint density at radius 1 is 1.17 bits per heavy atom. The Labute approximate surface area is 139 Å². The number of aliphatic hydroxyl groups excluding tert-OH is 1. The van der Waals surface area contributed by atoms with Gasteiger partial charge < -0.3 is 14.6 Å². The second-order valence-corrected chi connectivity index (χ2v) is 6.36. The van der Waals surface area contributed by atoms with E-state index < -0.39 is 0 Å². The number of benzene rings is 1. The number of Topliss-reactive ketones (excluding diaryl/α,β-unsaturated/α-hetero) is 1. The second kappa shape index (κ2) is 5.18. The maximum absolute atomic E-state index is 13.0. The summed E-state index contributed by atoms with van der Waals surface area (Å²) in [6, 6.07) is 9.80. The van der Waals surface area contributed by atoms with Gasteiger partial charge in [0.2, 0.25) is 11.6 Å². The number of carbonyl (C=O) groups is 2. The van der Waals surface area contributed by atoms with E-state index in [0.29, 0.717) is 22.5 Å². The zero-order chi connectivity index (χ0) is 17.0. The fourth-order valence-electron chi connectivity index (χ4n) is 3.57. The normalized spacial score (nSPS) is 19.4. The third-order valence-electron chi connectivity index (χ3n) is 4.83. The first kappa shape index (κ1) is 14.9. The highest BCUT2D eigenvalue weighted by Crippen LogP contribution is 2.38. The molecule has 0 radical (unpaired) electrons. The van der Waals surface area contributed by atoms with Crippen molar-refractivity contribution in [3.05, 3.63) is 58.9 Å². The fraction of sp³-hybridized carbons (Fsp3) is 0.263. The summed E-state index contributed by atoms with van der Waals surface area (Å²) in [7, 11) is 1.77. The van der Waals surface area contributed by atoms with Crippen LogP contribution in [0.3, 0.4) is 0 Å². The van der Waals surface area contributed by atoms with E-state index in [4.69, 9.17) is 0 Å². The number of aliphatic hydroxyl groups is 1. The van der Waals surface area contributed by atoms with Crippen LogP contribution in [-0.2, 0) is 13.7 Å². The van der Waals surface area contributed by atoms with Crippen LogP contribution in [0.2, 0.25) is 0 Å². The van der Waals surface area contributed by atoms with Crippen LogP contribution in [0.25, 0.3) is 11.3 Å². The Balaban J connectivity index is 1.94. The highest BCUT2D eigenvalue weighted by molar-refractivity contribution is 6.25. The first-order chi connectivity index (χ1) is 11.5. The largest absolute Gasteiger partial charge is 0.392 e. The molecule has 1 aromatic heterocycles. The monoisotopic (exact) mass is 322 g/mol. The van der Waals surface area contributed by atoms with Crippen LogP contribution in [0.15, 0.2) is 42.1 Å². The summed E-state index contributed by atoms with van der Waals surface area (Å²) in [5.41, 5.74) is 3.28. The lowest BCUT2D eigenvalue weighted by Crippen LogP contribution is -2.23. The molecule has 0 bridgehead atoms. The highest BCUT2D eigenvalue weighted by atomic mass is 16.3. The first-order valence-corrected chi connectivity index (χ1v) is 7.99. The molecule has 2 heterocycles. The van der Waals surface area contributed by atoms with Crippen molar-refractivity contribution in [2.75, 3.05) is 6.54 Å². The lowest BCUT2D eigenvalue weighted by atomic mass is 9.94. The lowest BCUT2D eigenvalue weighted by Gasteiger charge is -2.15. The minimum atomic E-state index is -0.282. The predicted octanol–water partition coefficient (Wildman–Crippen LogP) is 2.15. The molecule has 0 amide bonds. The van der Waals surface area contributed by atoms with Crippen molar-refractivity contribution < 1.29 is 14.7 Å². The topological polar surface area (TPSA) is 62.3 Å². The van der Waals surface area contributed by atoms with Crippen molar-refractivity contribution in [2.24, 2.45) is 7.05 Å². The molecule has 5 nitrogen and oxygen atoms in total. The Morgan fingerprint density at radius 2 is 1.83 bits per heavy atom. The number of allylic oxidation sites excluding steroid dienone is 2. The summed E-state index contributed by atoms with van der Waals surface area (Å²) in [4.78, 5) is 27.6. The van der Waals surface area contributed by atoms with Crippen LogP contribution in [0.5, 0.6) is 0 Å². The Hall–Kier alpha value is -2.66. The maximum atomic E-state index is 13.0. The zero-order valence-corrected chi connectivity index (χ0v) is 13.6. The molecule has 1 aromatic carbocycles. The third kappa shape index (κ3) is 1.98. The number of hydrogen-bond acceptors (Lipinski definition) is 4. The lowest BCUT2D eigenvalue weighted by molar-refractivity contribution is 0.0963. The number of carbonyl (C=O) groups excluding carboxylic acids is 2. The van der Waals surface area contributed by atoms with Crippen molar-refractivity contribution >= 4 is 11.6 Å². The van der Waals surface area contributed by atoms with Crippen molar-refractivity contribution in [2.45, 2.75) is 19.6 Å². The molecule has 24 heavy (non-hydrogen) atoms. The van der Waals surface area contributed by atoms with Crippen molar-refractivity contribution in [3.8, 4) is 11.3 Å².